The second-order valence-corrected chi connectivity index (χ2v) is 5.15. The molecular weight excluding hydrogens is 216 g/mol. The molecule has 17 heavy (non-hydrogen) atoms. The van der Waals surface area contributed by atoms with E-state index in [-0.39, 0.29) is 12.0 Å². The van der Waals surface area contributed by atoms with Gasteiger partial charge in [0.2, 0.25) is 5.91 Å². The molecule has 0 spiro atoms. The van der Waals surface area contributed by atoms with E-state index in [4.69, 9.17) is 4.74 Å². The van der Waals surface area contributed by atoms with E-state index in [2.05, 4.69) is 18.5 Å². The summed E-state index contributed by atoms with van der Waals surface area (Å²) in [6.07, 6.45) is 4.07. The Morgan fingerprint density at radius 2 is 2.29 bits per heavy atom. The van der Waals surface area contributed by atoms with Gasteiger partial charge in [0.1, 0.15) is 0 Å². The van der Waals surface area contributed by atoms with Crippen LogP contribution in [0.15, 0.2) is 12.7 Å². The molecule has 0 aromatic heterocycles. The number of ether oxygens (including phenoxy) is 1. The van der Waals surface area contributed by atoms with Gasteiger partial charge in [0.15, 0.2) is 0 Å². The van der Waals surface area contributed by atoms with Gasteiger partial charge in [-0.2, -0.15) is 0 Å². The van der Waals surface area contributed by atoms with Crippen molar-refractivity contribution in [1.82, 2.24) is 9.80 Å². The molecule has 2 aliphatic rings. The van der Waals surface area contributed by atoms with Gasteiger partial charge in [0.05, 0.1) is 12.7 Å². The highest BCUT2D eigenvalue weighted by molar-refractivity contribution is 5.87. The van der Waals surface area contributed by atoms with E-state index < -0.39 is 0 Å². The standard InChI is InChI=1S/C13H22N2O2/c1-3-13(16)15(8-11-4-5-11)10-12-9-14(2)6-7-17-12/h3,11-12H,1,4-10H2,2H3. The second-order valence-electron chi connectivity index (χ2n) is 5.15. The molecule has 2 rings (SSSR count). The number of likely N-dealkylation sites (N-methyl/N-ethyl adjacent to an activating group) is 1. The first-order valence-electron chi connectivity index (χ1n) is 6.40. The Morgan fingerprint density at radius 3 is 2.88 bits per heavy atom. The number of carbonyl (C=O) groups is 1. The molecule has 0 bridgehead atoms. The number of amides is 1. The van der Waals surface area contributed by atoms with Crippen LogP contribution in [0, 0.1) is 5.92 Å². The predicted molar refractivity (Wildman–Crippen MR) is 66.7 cm³/mol. The van der Waals surface area contributed by atoms with E-state index in [1.807, 2.05) is 4.90 Å². The molecule has 4 nitrogen and oxygen atoms in total. The number of hydrogen-bond acceptors (Lipinski definition) is 3. The van der Waals surface area contributed by atoms with Gasteiger partial charge in [-0.3, -0.25) is 4.79 Å². The molecule has 1 heterocycles. The van der Waals surface area contributed by atoms with Gasteiger partial charge in [-0.05, 0) is 31.9 Å². The highest BCUT2D eigenvalue weighted by Gasteiger charge is 2.28. The van der Waals surface area contributed by atoms with E-state index in [0.29, 0.717) is 12.5 Å². The summed E-state index contributed by atoms with van der Waals surface area (Å²) in [5, 5.41) is 0. The molecule has 4 heteroatoms. The smallest absolute Gasteiger partial charge is 0.246 e. The van der Waals surface area contributed by atoms with Crippen LogP contribution < -0.4 is 0 Å². The van der Waals surface area contributed by atoms with Crippen molar-refractivity contribution in [1.29, 1.82) is 0 Å². The Labute approximate surface area is 103 Å². The Kier molecular flexibility index (Phi) is 4.18. The second kappa shape index (κ2) is 5.65. The van der Waals surface area contributed by atoms with Crippen molar-refractivity contribution in [2.75, 3.05) is 39.8 Å². The lowest BCUT2D eigenvalue weighted by Crippen LogP contribution is -2.47. The molecule has 0 radical (unpaired) electrons. The van der Waals surface area contributed by atoms with E-state index in [1.54, 1.807) is 0 Å². The maximum absolute atomic E-state index is 11.8. The number of carbonyl (C=O) groups excluding carboxylic acids is 1. The van der Waals surface area contributed by atoms with Crippen molar-refractivity contribution in [3.63, 3.8) is 0 Å². The van der Waals surface area contributed by atoms with Crippen molar-refractivity contribution in [3.05, 3.63) is 12.7 Å². The molecule has 1 aliphatic carbocycles. The van der Waals surface area contributed by atoms with Gasteiger partial charge in [0, 0.05) is 26.2 Å². The number of nitrogens with zero attached hydrogens (tertiary/aromatic N) is 2. The number of rotatable bonds is 5. The Bertz CT molecular complexity index is 289. The number of morpholine rings is 1. The molecule has 2 fully saturated rings. The quantitative estimate of drug-likeness (QED) is 0.662. The zero-order valence-electron chi connectivity index (χ0n) is 10.6. The zero-order chi connectivity index (χ0) is 12.3. The number of hydrogen-bond donors (Lipinski definition) is 0. The van der Waals surface area contributed by atoms with Gasteiger partial charge >= 0.3 is 0 Å². The molecule has 1 amide bonds. The molecule has 1 atom stereocenters. The summed E-state index contributed by atoms with van der Waals surface area (Å²) in [5.74, 6) is 0.744. The first-order chi connectivity index (χ1) is 8.19. The van der Waals surface area contributed by atoms with Crippen LogP contribution in [-0.2, 0) is 9.53 Å². The van der Waals surface area contributed by atoms with Crippen molar-refractivity contribution in [2.45, 2.75) is 18.9 Å². The van der Waals surface area contributed by atoms with Crippen molar-refractivity contribution in [2.24, 2.45) is 5.92 Å². The lowest BCUT2D eigenvalue weighted by Gasteiger charge is -2.33. The minimum Gasteiger partial charge on any atom is -0.374 e. The third-order valence-electron chi connectivity index (χ3n) is 3.43. The molecule has 1 unspecified atom stereocenters. The largest absolute Gasteiger partial charge is 0.374 e. The minimum atomic E-state index is 0.0359. The van der Waals surface area contributed by atoms with Crippen LogP contribution in [0.2, 0.25) is 0 Å². The normalized spacial score (nSPS) is 25.6. The zero-order valence-corrected chi connectivity index (χ0v) is 10.6. The maximum atomic E-state index is 11.8. The van der Waals surface area contributed by atoms with E-state index >= 15 is 0 Å². The van der Waals surface area contributed by atoms with E-state index in [1.165, 1.54) is 18.9 Å². The monoisotopic (exact) mass is 238 g/mol. The topological polar surface area (TPSA) is 32.8 Å². The minimum absolute atomic E-state index is 0.0359. The molecule has 0 aromatic rings. The van der Waals surface area contributed by atoms with Crippen molar-refractivity contribution in [3.8, 4) is 0 Å². The van der Waals surface area contributed by atoms with Crippen LogP contribution in [-0.4, -0.2) is 61.6 Å². The first-order valence-corrected chi connectivity index (χ1v) is 6.40. The average Bonchev–Trinajstić information content (AvgIpc) is 3.11. The maximum Gasteiger partial charge on any atom is 0.246 e. The fourth-order valence-electron chi connectivity index (χ4n) is 2.22. The van der Waals surface area contributed by atoms with Crippen LogP contribution >= 0.6 is 0 Å². The summed E-state index contributed by atoms with van der Waals surface area (Å²) in [4.78, 5) is 15.9. The Hall–Kier alpha value is -0.870. The third-order valence-corrected chi connectivity index (χ3v) is 3.43. The summed E-state index contributed by atoms with van der Waals surface area (Å²) in [6, 6.07) is 0. The fourth-order valence-corrected chi connectivity index (χ4v) is 2.22. The average molecular weight is 238 g/mol. The molecule has 1 saturated heterocycles. The summed E-state index contributed by atoms with van der Waals surface area (Å²) in [6.45, 7) is 7.80. The Balaban J connectivity index is 1.86. The highest BCUT2D eigenvalue weighted by atomic mass is 16.5. The Morgan fingerprint density at radius 1 is 1.53 bits per heavy atom. The van der Waals surface area contributed by atoms with Crippen LogP contribution in [0.3, 0.4) is 0 Å². The molecule has 96 valence electrons. The summed E-state index contributed by atoms with van der Waals surface area (Å²) in [7, 11) is 2.09. The molecular formula is C13H22N2O2. The SMILES string of the molecule is C=CC(=O)N(CC1CC1)CC1CN(C)CCO1. The summed E-state index contributed by atoms with van der Waals surface area (Å²) < 4.78 is 5.71. The summed E-state index contributed by atoms with van der Waals surface area (Å²) in [5.41, 5.74) is 0. The van der Waals surface area contributed by atoms with Crippen LogP contribution in [0.4, 0.5) is 0 Å². The van der Waals surface area contributed by atoms with E-state index in [0.717, 1.165) is 26.2 Å². The lowest BCUT2D eigenvalue weighted by molar-refractivity contribution is -0.129. The summed E-state index contributed by atoms with van der Waals surface area (Å²) >= 11 is 0. The predicted octanol–water partition coefficient (Wildman–Crippen LogP) is 0.742. The van der Waals surface area contributed by atoms with Gasteiger partial charge in [-0.25, -0.2) is 0 Å². The van der Waals surface area contributed by atoms with Crippen LogP contribution in [0.25, 0.3) is 0 Å². The van der Waals surface area contributed by atoms with Crippen molar-refractivity contribution < 1.29 is 9.53 Å². The molecule has 0 aromatic carbocycles. The highest BCUT2D eigenvalue weighted by Crippen LogP contribution is 2.30. The third kappa shape index (κ3) is 3.82. The van der Waals surface area contributed by atoms with Gasteiger partial charge in [0.25, 0.3) is 0 Å². The molecule has 1 saturated carbocycles. The first kappa shape index (κ1) is 12.6. The fraction of sp³-hybridized carbons (Fsp3) is 0.769. The van der Waals surface area contributed by atoms with Crippen LogP contribution in [0.5, 0.6) is 0 Å². The van der Waals surface area contributed by atoms with Gasteiger partial charge in [-0.15, -0.1) is 0 Å². The van der Waals surface area contributed by atoms with Crippen LogP contribution in [0.1, 0.15) is 12.8 Å². The molecule has 0 N–H and O–H groups in total. The molecule has 1 aliphatic heterocycles. The van der Waals surface area contributed by atoms with Crippen molar-refractivity contribution >= 4 is 5.91 Å². The lowest BCUT2D eigenvalue weighted by atomic mass is 10.2. The van der Waals surface area contributed by atoms with E-state index in [9.17, 15) is 4.79 Å². The van der Waals surface area contributed by atoms with Gasteiger partial charge < -0.3 is 14.5 Å². The van der Waals surface area contributed by atoms with Gasteiger partial charge in [-0.1, -0.05) is 6.58 Å².